The zero-order chi connectivity index (χ0) is 22.3. The quantitative estimate of drug-likeness (QED) is 0.403. The second-order valence-corrected chi connectivity index (χ2v) is 7.75. The SMILES string of the molecule is [C-]#[N+]c1ccc(-n2nccc2C2=C(C)N(c3cccc(C(F)(F)F)c3)C(=O)C2)c(Br)c1. The Bertz CT molecular complexity index is 1270. The van der Waals surface area contributed by atoms with Gasteiger partial charge in [-0.25, -0.2) is 9.53 Å². The molecule has 0 atom stereocenters. The molecule has 0 bridgehead atoms. The number of hydrogen-bond donors (Lipinski definition) is 0. The van der Waals surface area contributed by atoms with E-state index < -0.39 is 11.7 Å². The molecule has 0 fully saturated rings. The molecule has 0 saturated heterocycles. The van der Waals surface area contributed by atoms with Crippen LogP contribution in [-0.4, -0.2) is 15.7 Å². The third kappa shape index (κ3) is 3.75. The topological polar surface area (TPSA) is 42.5 Å². The van der Waals surface area contributed by atoms with Gasteiger partial charge in [-0.15, -0.1) is 0 Å². The fraction of sp³-hybridized carbons (Fsp3) is 0.136. The number of allylic oxidation sites excluding steroid dienone is 1. The summed E-state index contributed by atoms with van der Waals surface area (Å²) in [5.74, 6) is -0.318. The Morgan fingerprint density at radius 3 is 2.61 bits per heavy atom. The highest BCUT2D eigenvalue weighted by Crippen LogP contribution is 2.39. The molecule has 3 aromatic rings. The molecule has 5 nitrogen and oxygen atoms in total. The Kier molecular flexibility index (Phi) is 5.19. The minimum atomic E-state index is -4.50. The van der Waals surface area contributed by atoms with Gasteiger partial charge in [0.05, 0.1) is 36.1 Å². The largest absolute Gasteiger partial charge is 0.416 e. The first-order valence-corrected chi connectivity index (χ1v) is 9.92. The van der Waals surface area contributed by atoms with Crippen molar-refractivity contribution in [3.63, 3.8) is 0 Å². The van der Waals surface area contributed by atoms with Gasteiger partial charge in [-0.3, -0.25) is 9.69 Å². The van der Waals surface area contributed by atoms with Crippen LogP contribution in [0.2, 0.25) is 0 Å². The molecule has 1 aliphatic heterocycles. The van der Waals surface area contributed by atoms with Crippen LogP contribution in [0.3, 0.4) is 0 Å². The van der Waals surface area contributed by atoms with Gasteiger partial charge in [0.1, 0.15) is 0 Å². The molecule has 0 spiro atoms. The van der Waals surface area contributed by atoms with Crippen LogP contribution in [0, 0.1) is 6.57 Å². The standard InChI is InChI=1S/C22H14BrF3N4O/c1-13-17(12-21(31)29(13)16-5-3-4-14(10-16)22(24,25)26)19-8-9-28-30(19)20-7-6-15(27-2)11-18(20)23/h3-11H,12H2,1H3. The zero-order valence-corrected chi connectivity index (χ0v) is 17.7. The van der Waals surface area contributed by atoms with E-state index in [9.17, 15) is 18.0 Å². The number of halogens is 4. The van der Waals surface area contributed by atoms with Crippen molar-refractivity contribution in [1.82, 2.24) is 9.78 Å². The Hall–Kier alpha value is -3.38. The lowest BCUT2D eigenvalue weighted by atomic mass is 10.1. The van der Waals surface area contributed by atoms with Crippen LogP contribution in [0.15, 0.2) is 64.9 Å². The zero-order valence-electron chi connectivity index (χ0n) is 16.1. The van der Waals surface area contributed by atoms with E-state index >= 15 is 0 Å². The second kappa shape index (κ2) is 7.71. The van der Waals surface area contributed by atoms with E-state index in [-0.39, 0.29) is 18.0 Å². The fourth-order valence-electron chi connectivity index (χ4n) is 3.58. The molecule has 1 aliphatic rings. The van der Waals surface area contributed by atoms with Crippen LogP contribution < -0.4 is 4.90 Å². The van der Waals surface area contributed by atoms with Crippen LogP contribution in [0.1, 0.15) is 24.6 Å². The average molecular weight is 487 g/mol. The number of carbonyl (C=O) groups excluding carboxylic acids is 1. The molecular weight excluding hydrogens is 473 g/mol. The molecular formula is C22H14BrF3N4O. The van der Waals surface area contributed by atoms with Crippen molar-refractivity contribution in [2.45, 2.75) is 19.5 Å². The summed E-state index contributed by atoms with van der Waals surface area (Å²) in [5.41, 5.74) is 2.36. The van der Waals surface area contributed by atoms with E-state index in [0.717, 1.165) is 12.1 Å². The maximum atomic E-state index is 13.1. The summed E-state index contributed by atoms with van der Waals surface area (Å²) in [4.78, 5) is 17.5. The Balaban J connectivity index is 1.78. The minimum absolute atomic E-state index is 0.0333. The predicted octanol–water partition coefficient (Wildman–Crippen LogP) is 6.37. The highest BCUT2D eigenvalue weighted by atomic mass is 79.9. The molecule has 0 unspecified atom stereocenters. The average Bonchev–Trinajstić information content (AvgIpc) is 3.31. The van der Waals surface area contributed by atoms with Gasteiger partial charge in [-0.05, 0) is 59.3 Å². The van der Waals surface area contributed by atoms with E-state index in [0.29, 0.717) is 32.8 Å². The van der Waals surface area contributed by atoms with E-state index in [1.807, 2.05) is 0 Å². The van der Waals surface area contributed by atoms with Gasteiger partial charge in [0, 0.05) is 21.4 Å². The van der Waals surface area contributed by atoms with Crippen molar-refractivity contribution in [2.24, 2.45) is 0 Å². The van der Waals surface area contributed by atoms with Crippen LogP contribution in [-0.2, 0) is 11.0 Å². The first kappa shape index (κ1) is 20.9. The summed E-state index contributed by atoms with van der Waals surface area (Å²) >= 11 is 3.45. The van der Waals surface area contributed by atoms with Gasteiger partial charge < -0.3 is 0 Å². The number of hydrogen-bond acceptors (Lipinski definition) is 2. The number of alkyl halides is 3. The lowest BCUT2D eigenvalue weighted by molar-refractivity contribution is -0.137. The van der Waals surface area contributed by atoms with Gasteiger partial charge in [0.2, 0.25) is 5.91 Å². The molecule has 1 aromatic heterocycles. The number of anilines is 1. The highest BCUT2D eigenvalue weighted by molar-refractivity contribution is 9.10. The van der Waals surface area contributed by atoms with Gasteiger partial charge in [-0.2, -0.15) is 18.3 Å². The number of benzene rings is 2. The molecule has 2 heterocycles. The summed E-state index contributed by atoms with van der Waals surface area (Å²) < 4.78 is 41.7. The Labute approximate surface area is 184 Å². The number of rotatable bonds is 3. The monoisotopic (exact) mass is 486 g/mol. The van der Waals surface area contributed by atoms with Gasteiger partial charge >= 0.3 is 6.18 Å². The van der Waals surface area contributed by atoms with Crippen LogP contribution in [0.4, 0.5) is 24.5 Å². The summed E-state index contributed by atoms with van der Waals surface area (Å²) in [6.45, 7) is 8.83. The van der Waals surface area contributed by atoms with E-state index in [1.54, 1.807) is 42.1 Å². The summed E-state index contributed by atoms with van der Waals surface area (Å²) in [7, 11) is 0. The van der Waals surface area contributed by atoms with Gasteiger partial charge in [-0.1, -0.05) is 12.1 Å². The second-order valence-electron chi connectivity index (χ2n) is 6.89. The molecule has 0 saturated carbocycles. The summed E-state index contributed by atoms with van der Waals surface area (Å²) in [6, 6.07) is 11.5. The maximum absolute atomic E-state index is 13.1. The normalized spacial score (nSPS) is 14.3. The fourth-order valence-corrected chi connectivity index (χ4v) is 4.11. The molecule has 0 radical (unpaired) electrons. The molecule has 1 amide bonds. The first-order valence-electron chi connectivity index (χ1n) is 9.12. The number of nitrogens with zero attached hydrogens (tertiary/aromatic N) is 4. The molecule has 4 rings (SSSR count). The van der Waals surface area contributed by atoms with Crippen molar-refractivity contribution in [2.75, 3.05) is 4.90 Å². The molecule has 0 aliphatic carbocycles. The van der Waals surface area contributed by atoms with Crippen LogP contribution in [0.25, 0.3) is 16.1 Å². The van der Waals surface area contributed by atoms with E-state index in [1.165, 1.54) is 17.0 Å². The molecule has 9 heteroatoms. The number of aromatic nitrogens is 2. The molecule has 2 aromatic carbocycles. The minimum Gasteiger partial charge on any atom is -0.284 e. The van der Waals surface area contributed by atoms with Gasteiger partial charge in [0.15, 0.2) is 5.69 Å². The molecule has 31 heavy (non-hydrogen) atoms. The van der Waals surface area contributed by atoms with Crippen molar-refractivity contribution < 1.29 is 18.0 Å². The Morgan fingerprint density at radius 2 is 1.94 bits per heavy atom. The third-order valence-electron chi connectivity index (χ3n) is 5.02. The van der Waals surface area contributed by atoms with Crippen molar-refractivity contribution >= 4 is 38.8 Å². The first-order chi connectivity index (χ1) is 14.7. The smallest absolute Gasteiger partial charge is 0.284 e. The van der Waals surface area contributed by atoms with Gasteiger partial charge in [0.25, 0.3) is 0 Å². The molecule has 156 valence electrons. The number of amides is 1. The summed E-state index contributed by atoms with van der Waals surface area (Å²) in [6.07, 6.45) is -2.88. The highest BCUT2D eigenvalue weighted by Gasteiger charge is 2.34. The Morgan fingerprint density at radius 1 is 1.16 bits per heavy atom. The lowest BCUT2D eigenvalue weighted by Crippen LogP contribution is -2.23. The van der Waals surface area contributed by atoms with Crippen LogP contribution in [0.5, 0.6) is 0 Å². The van der Waals surface area contributed by atoms with Crippen LogP contribution >= 0.6 is 15.9 Å². The molecule has 0 N–H and O–H groups in total. The third-order valence-corrected chi connectivity index (χ3v) is 5.66. The summed E-state index contributed by atoms with van der Waals surface area (Å²) in [5, 5.41) is 4.35. The van der Waals surface area contributed by atoms with Crippen molar-refractivity contribution in [3.05, 3.63) is 87.6 Å². The number of carbonyl (C=O) groups is 1. The van der Waals surface area contributed by atoms with Crippen molar-refractivity contribution in [3.8, 4) is 5.69 Å². The predicted molar refractivity (Wildman–Crippen MR) is 114 cm³/mol. The van der Waals surface area contributed by atoms with E-state index in [4.69, 9.17) is 6.57 Å². The lowest BCUT2D eigenvalue weighted by Gasteiger charge is -2.20. The van der Waals surface area contributed by atoms with E-state index in [2.05, 4.69) is 25.9 Å². The maximum Gasteiger partial charge on any atom is 0.416 e. The van der Waals surface area contributed by atoms with Crippen molar-refractivity contribution in [1.29, 1.82) is 0 Å².